The number of nitro benzene ring substituents is 1. The lowest BCUT2D eigenvalue weighted by molar-refractivity contribution is -0.384. The third-order valence-electron chi connectivity index (χ3n) is 3.09. The van der Waals surface area contributed by atoms with Gasteiger partial charge in [0.1, 0.15) is 17.6 Å². The molecule has 0 atom stereocenters. The van der Waals surface area contributed by atoms with Crippen LogP contribution in [0.1, 0.15) is 18.5 Å². The van der Waals surface area contributed by atoms with Crippen LogP contribution in [0.15, 0.2) is 28.9 Å². The van der Waals surface area contributed by atoms with Crippen molar-refractivity contribution in [2.75, 3.05) is 0 Å². The van der Waals surface area contributed by atoms with Crippen molar-refractivity contribution in [3.63, 3.8) is 0 Å². The Morgan fingerprint density at radius 3 is 3.00 bits per heavy atom. The molecule has 2 aromatic rings. The molecule has 1 N–H and O–H groups in total. The predicted octanol–water partition coefficient (Wildman–Crippen LogP) is 2.64. The Labute approximate surface area is 113 Å². The zero-order valence-electron chi connectivity index (χ0n) is 10.5. The van der Waals surface area contributed by atoms with Gasteiger partial charge in [-0.05, 0) is 25.0 Å². The Morgan fingerprint density at radius 1 is 1.50 bits per heavy atom. The summed E-state index contributed by atoms with van der Waals surface area (Å²) in [7, 11) is 0. The van der Waals surface area contributed by atoms with Gasteiger partial charge in [-0.15, -0.1) is 0 Å². The van der Waals surface area contributed by atoms with Crippen molar-refractivity contribution in [3.8, 4) is 11.5 Å². The maximum Gasteiger partial charge on any atom is 0.282 e. The summed E-state index contributed by atoms with van der Waals surface area (Å²) in [5.74, 6) is -0.509. The number of hydrogen-bond donors (Lipinski definition) is 1. The summed E-state index contributed by atoms with van der Waals surface area (Å²) >= 11 is 0. The minimum absolute atomic E-state index is 0.0488. The van der Waals surface area contributed by atoms with Crippen LogP contribution in [-0.2, 0) is 6.54 Å². The van der Waals surface area contributed by atoms with E-state index in [1.807, 2.05) is 0 Å². The second-order valence-corrected chi connectivity index (χ2v) is 4.72. The molecule has 0 unspecified atom stereocenters. The predicted molar refractivity (Wildman–Crippen MR) is 68.4 cm³/mol. The van der Waals surface area contributed by atoms with Crippen LogP contribution in [0.5, 0.6) is 0 Å². The van der Waals surface area contributed by atoms with E-state index in [0.29, 0.717) is 18.3 Å². The van der Waals surface area contributed by atoms with E-state index in [4.69, 9.17) is 4.42 Å². The topological polar surface area (TPSA) is 81.2 Å². The Morgan fingerprint density at radius 2 is 2.30 bits per heavy atom. The normalized spacial score (nSPS) is 14.4. The van der Waals surface area contributed by atoms with E-state index < -0.39 is 10.7 Å². The summed E-state index contributed by atoms with van der Waals surface area (Å²) in [6, 6.07) is 3.73. The molecule has 1 saturated carbocycles. The Hall–Kier alpha value is -2.28. The molecule has 0 amide bonds. The zero-order chi connectivity index (χ0) is 14.1. The fourth-order valence-electron chi connectivity index (χ4n) is 1.89. The van der Waals surface area contributed by atoms with Gasteiger partial charge >= 0.3 is 0 Å². The summed E-state index contributed by atoms with van der Waals surface area (Å²) in [5.41, 5.74) is 0.466. The first-order chi connectivity index (χ1) is 9.63. The highest BCUT2D eigenvalue weighted by molar-refractivity contribution is 5.66. The van der Waals surface area contributed by atoms with E-state index in [0.717, 1.165) is 31.0 Å². The molecule has 104 valence electrons. The molecule has 0 aliphatic heterocycles. The van der Waals surface area contributed by atoms with Crippen LogP contribution in [0.25, 0.3) is 11.5 Å². The monoisotopic (exact) mass is 277 g/mol. The quantitative estimate of drug-likeness (QED) is 0.671. The van der Waals surface area contributed by atoms with Crippen LogP contribution < -0.4 is 5.32 Å². The molecular weight excluding hydrogens is 265 g/mol. The molecule has 1 fully saturated rings. The van der Waals surface area contributed by atoms with Crippen molar-refractivity contribution >= 4 is 5.69 Å². The van der Waals surface area contributed by atoms with Gasteiger partial charge in [-0.3, -0.25) is 10.1 Å². The third kappa shape index (κ3) is 2.67. The van der Waals surface area contributed by atoms with E-state index in [1.54, 1.807) is 0 Å². The molecule has 1 aliphatic rings. The molecule has 3 rings (SSSR count). The number of nitro groups is 1. The van der Waals surface area contributed by atoms with Crippen LogP contribution in [-0.4, -0.2) is 15.9 Å². The lowest BCUT2D eigenvalue weighted by atomic mass is 10.2. The molecule has 0 bridgehead atoms. The number of nitrogens with one attached hydrogen (secondary N) is 1. The molecule has 1 aromatic carbocycles. The van der Waals surface area contributed by atoms with E-state index >= 15 is 0 Å². The standard InChI is InChI=1S/C13H12FN3O3/c14-8-1-4-12(17(18)19)11(5-8)13-16-10(7-20-13)6-15-9-2-3-9/h1,4-5,7,9,15H,2-3,6H2. The molecule has 0 saturated heterocycles. The van der Waals surface area contributed by atoms with Gasteiger partial charge in [0.25, 0.3) is 5.69 Å². The average Bonchev–Trinajstić information content (AvgIpc) is 3.13. The van der Waals surface area contributed by atoms with Gasteiger partial charge < -0.3 is 9.73 Å². The van der Waals surface area contributed by atoms with Gasteiger partial charge in [-0.25, -0.2) is 9.37 Å². The van der Waals surface area contributed by atoms with Crippen molar-refractivity contribution < 1.29 is 13.7 Å². The smallest absolute Gasteiger partial charge is 0.282 e. The van der Waals surface area contributed by atoms with E-state index in [-0.39, 0.29) is 17.1 Å². The number of aromatic nitrogens is 1. The van der Waals surface area contributed by atoms with E-state index in [1.165, 1.54) is 6.26 Å². The lowest BCUT2D eigenvalue weighted by Gasteiger charge is -1.99. The molecule has 6 nitrogen and oxygen atoms in total. The van der Waals surface area contributed by atoms with Crippen LogP contribution in [0, 0.1) is 15.9 Å². The Bertz CT molecular complexity index is 652. The van der Waals surface area contributed by atoms with Gasteiger partial charge in [0, 0.05) is 18.7 Å². The summed E-state index contributed by atoms with van der Waals surface area (Å²) in [5, 5.41) is 14.2. The fraction of sp³-hybridized carbons (Fsp3) is 0.308. The average molecular weight is 277 g/mol. The van der Waals surface area contributed by atoms with Crippen LogP contribution in [0.2, 0.25) is 0 Å². The maximum absolute atomic E-state index is 13.3. The Balaban J connectivity index is 1.87. The highest BCUT2D eigenvalue weighted by atomic mass is 19.1. The van der Waals surface area contributed by atoms with E-state index in [9.17, 15) is 14.5 Å². The van der Waals surface area contributed by atoms with Gasteiger partial charge in [-0.2, -0.15) is 0 Å². The minimum Gasteiger partial charge on any atom is -0.444 e. The molecule has 0 radical (unpaired) electrons. The van der Waals surface area contributed by atoms with Crippen LogP contribution in [0.4, 0.5) is 10.1 Å². The summed E-state index contributed by atoms with van der Waals surface area (Å²) in [6.45, 7) is 0.539. The SMILES string of the molecule is O=[N+]([O-])c1ccc(F)cc1-c1nc(CNC2CC2)co1. The van der Waals surface area contributed by atoms with E-state index in [2.05, 4.69) is 10.3 Å². The molecule has 1 aliphatic carbocycles. The van der Waals surface area contributed by atoms with Crippen molar-refractivity contribution in [1.82, 2.24) is 10.3 Å². The number of halogens is 1. The first-order valence-corrected chi connectivity index (χ1v) is 6.25. The summed E-state index contributed by atoms with van der Waals surface area (Å²) in [4.78, 5) is 14.5. The fourth-order valence-corrected chi connectivity index (χ4v) is 1.89. The van der Waals surface area contributed by atoms with Crippen LogP contribution in [0.3, 0.4) is 0 Å². The van der Waals surface area contributed by atoms with Gasteiger partial charge in [-0.1, -0.05) is 0 Å². The molecule has 0 spiro atoms. The molecule has 1 aromatic heterocycles. The van der Waals surface area contributed by atoms with Crippen molar-refractivity contribution in [1.29, 1.82) is 0 Å². The third-order valence-corrected chi connectivity index (χ3v) is 3.09. The number of rotatable bonds is 5. The first kappa shape index (κ1) is 12.7. The van der Waals surface area contributed by atoms with Crippen molar-refractivity contribution in [2.24, 2.45) is 0 Å². The maximum atomic E-state index is 13.3. The first-order valence-electron chi connectivity index (χ1n) is 6.25. The molecule has 20 heavy (non-hydrogen) atoms. The van der Waals surface area contributed by atoms with Gasteiger partial charge in [0.15, 0.2) is 0 Å². The second kappa shape index (κ2) is 5.01. The second-order valence-electron chi connectivity index (χ2n) is 4.72. The summed E-state index contributed by atoms with van der Waals surface area (Å²) in [6.07, 6.45) is 3.74. The highest BCUT2D eigenvalue weighted by Gasteiger charge is 2.22. The zero-order valence-corrected chi connectivity index (χ0v) is 10.5. The molecule has 7 heteroatoms. The van der Waals surface area contributed by atoms with Crippen molar-refractivity contribution in [2.45, 2.75) is 25.4 Å². The summed E-state index contributed by atoms with van der Waals surface area (Å²) < 4.78 is 18.5. The number of oxazole rings is 1. The Kier molecular flexibility index (Phi) is 3.19. The number of benzene rings is 1. The molecule has 1 heterocycles. The minimum atomic E-state index is -0.582. The highest BCUT2D eigenvalue weighted by Crippen LogP contribution is 2.30. The number of hydrogen-bond acceptors (Lipinski definition) is 5. The van der Waals surface area contributed by atoms with Crippen LogP contribution >= 0.6 is 0 Å². The van der Waals surface area contributed by atoms with Gasteiger partial charge in [0.2, 0.25) is 5.89 Å². The van der Waals surface area contributed by atoms with Crippen molar-refractivity contribution in [3.05, 3.63) is 46.1 Å². The molecular formula is C13H12FN3O3. The lowest BCUT2D eigenvalue weighted by Crippen LogP contribution is -2.15. The van der Waals surface area contributed by atoms with Gasteiger partial charge in [0.05, 0.1) is 10.6 Å². The largest absolute Gasteiger partial charge is 0.444 e. The number of nitrogens with zero attached hydrogens (tertiary/aromatic N) is 2.